The van der Waals surface area contributed by atoms with E-state index in [0.29, 0.717) is 12.4 Å². The first-order valence-electron chi connectivity index (χ1n) is 2.79. The first kappa shape index (κ1) is 8.78. The molecule has 0 heterocycles. The highest BCUT2D eigenvalue weighted by Gasteiger charge is 1.87. The van der Waals surface area contributed by atoms with Gasteiger partial charge in [-0.3, -0.25) is 4.79 Å². The number of amides is 1. The molecule has 0 aromatic heterocycles. The van der Waals surface area contributed by atoms with Crippen molar-refractivity contribution in [2.45, 2.75) is 6.92 Å². The summed E-state index contributed by atoms with van der Waals surface area (Å²) < 4.78 is 0. The van der Waals surface area contributed by atoms with Crippen LogP contribution in [0.3, 0.4) is 0 Å². The van der Waals surface area contributed by atoms with Gasteiger partial charge >= 0.3 is 0 Å². The Balaban J connectivity index is 2.83. The van der Waals surface area contributed by atoms with E-state index in [0.717, 1.165) is 5.75 Å². The van der Waals surface area contributed by atoms with Gasteiger partial charge in [0.15, 0.2) is 0 Å². The summed E-state index contributed by atoms with van der Waals surface area (Å²) in [6.07, 6.45) is 0. The minimum atomic E-state index is 0.0134. The van der Waals surface area contributed by atoms with Crippen molar-refractivity contribution < 1.29 is 4.79 Å². The molecule has 1 amide bonds. The molecule has 0 spiro atoms. The van der Waals surface area contributed by atoms with Gasteiger partial charge < -0.3 is 11.1 Å². The molecule has 0 aliphatic carbocycles. The quantitative estimate of drug-likeness (QED) is 0.428. The lowest BCUT2D eigenvalue weighted by molar-refractivity contribution is -0.118. The Morgan fingerprint density at radius 1 is 1.78 bits per heavy atom. The topological polar surface area (TPSA) is 55.1 Å². The van der Waals surface area contributed by atoms with Gasteiger partial charge in [0, 0.05) is 19.2 Å². The van der Waals surface area contributed by atoms with Crippen molar-refractivity contribution in [3.8, 4) is 0 Å². The van der Waals surface area contributed by atoms with E-state index in [4.69, 9.17) is 5.73 Å². The summed E-state index contributed by atoms with van der Waals surface area (Å²) in [6.45, 7) is 2.17. The van der Waals surface area contributed by atoms with Gasteiger partial charge in [0.05, 0.1) is 5.88 Å². The smallest absolute Gasteiger partial charge is 0.217 e. The molecule has 0 aliphatic heterocycles. The zero-order valence-corrected chi connectivity index (χ0v) is 6.33. The van der Waals surface area contributed by atoms with Crippen LogP contribution in [0.15, 0.2) is 0 Å². The Bertz CT molecular complexity index is 87.0. The van der Waals surface area contributed by atoms with Crippen molar-refractivity contribution in [3.05, 3.63) is 0 Å². The van der Waals surface area contributed by atoms with Crippen LogP contribution in [0.25, 0.3) is 0 Å². The number of hydrogen-bond donors (Lipinski definition) is 2. The second-order valence-electron chi connectivity index (χ2n) is 1.57. The highest BCUT2D eigenvalue weighted by molar-refractivity contribution is 7.99. The third-order valence-electron chi connectivity index (χ3n) is 0.685. The molecular formula is C5H12N2OS. The van der Waals surface area contributed by atoms with Crippen LogP contribution in [0.5, 0.6) is 0 Å². The second-order valence-corrected chi connectivity index (χ2v) is 2.68. The molecule has 0 aromatic rings. The van der Waals surface area contributed by atoms with E-state index in [1.165, 1.54) is 6.92 Å². The number of carbonyl (C=O) groups is 1. The molecule has 3 N–H and O–H groups in total. The van der Waals surface area contributed by atoms with Gasteiger partial charge in [-0.15, -0.1) is 11.8 Å². The predicted molar refractivity (Wildman–Crippen MR) is 40.2 cm³/mol. The molecule has 0 atom stereocenters. The minimum absolute atomic E-state index is 0.0134. The van der Waals surface area contributed by atoms with Crippen LogP contribution in [0, 0.1) is 0 Å². The highest BCUT2D eigenvalue weighted by atomic mass is 32.2. The Labute approximate surface area is 59.4 Å². The summed E-state index contributed by atoms with van der Waals surface area (Å²) in [7, 11) is 0. The van der Waals surface area contributed by atoms with E-state index in [2.05, 4.69) is 5.32 Å². The highest BCUT2D eigenvalue weighted by Crippen LogP contribution is 1.92. The van der Waals surface area contributed by atoms with Crippen molar-refractivity contribution in [1.82, 2.24) is 5.32 Å². The maximum Gasteiger partial charge on any atom is 0.217 e. The van der Waals surface area contributed by atoms with Crippen LogP contribution in [0.1, 0.15) is 6.92 Å². The molecule has 0 radical (unpaired) electrons. The summed E-state index contributed by atoms with van der Waals surface area (Å²) in [5.74, 6) is 1.59. The number of hydrogen-bond acceptors (Lipinski definition) is 3. The molecule has 0 saturated carbocycles. The maximum absolute atomic E-state index is 10.3. The molecule has 0 fully saturated rings. The van der Waals surface area contributed by atoms with Gasteiger partial charge in [0.25, 0.3) is 0 Å². The number of rotatable bonds is 4. The lowest BCUT2D eigenvalue weighted by Crippen LogP contribution is -2.19. The van der Waals surface area contributed by atoms with Gasteiger partial charge in [-0.2, -0.15) is 0 Å². The number of thioether (sulfide) groups is 1. The van der Waals surface area contributed by atoms with Crippen LogP contribution in [0.2, 0.25) is 0 Å². The zero-order chi connectivity index (χ0) is 7.11. The van der Waals surface area contributed by atoms with Gasteiger partial charge in [-0.05, 0) is 0 Å². The minimum Gasteiger partial charge on any atom is -0.347 e. The first-order valence-corrected chi connectivity index (χ1v) is 3.95. The predicted octanol–water partition coefficient (Wildman–Crippen LogP) is -0.228. The summed E-state index contributed by atoms with van der Waals surface area (Å²) in [5.41, 5.74) is 5.21. The molecule has 0 rings (SSSR count). The lowest BCUT2D eigenvalue weighted by atomic mass is 10.7. The molecule has 4 heteroatoms. The average molecular weight is 148 g/mol. The monoisotopic (exact) mass is 148 g/mol. The first-order chi connectivity index (χ1) is 4.27. The molecule has 0 bridgehead atoms. The van der Waals surface area contributed by atoms with Crippen LogP contribution >= 0.6 is 11.8 Å². The largest absolute Gasteiger partial charge is 0.347 e. The van der Waals surface area contributed by atoms with E-state index < -0.39 is 0 Å². The van der Waals surface area contributed by atoms with Gasteiger partial charge in [0.1, 0.15) is 0 Å². The van der Waals surface area contributed by atoms with Crippen LogP contribution < -0.4 is 11.1 Å². The molecule has 0 aromatic carbocycles. The summed E-state index contributed by atoms with van der Waals surface area (Å²) >= 11 is 1.62. The second kappa shape index (κ2) is 5.91. The Hall–Kier alpha value is -0.220. The third-order valence-corrected chi connectivity index (χ3v) is 1.56. The van der Waals surface area contributed by atoms with Crippen molar-refractivity contribution in [3.63, 3.8) is 0 Å². The molecule has 54 valence electrons. The SMILES string of the molecule is CC(=O)NCSCCN. The normalized spacial score (nSPS) is 9.11. The van der Waals surface area contributed by atoms with E-state index in [-0.39, 0.29) is 5.91 Å². The Kier molecular flexibility index (Phi) is 5.76. The summed E-state index contributed by atoms with van der Waals surface area (Å²) in [6, 6.07) is 0. The van der Waals surface area contributed by atoms with Crippen LogP contribution in [0.4, 0.5) is 0 Å². The fraction of sp³-hybridized carbons (Fsp3) is 0.800. The van der Waals surface area contributed by atoms with E-state index in [1.807, 2.05) is 0 Å². The van der Waals surface area contributed by atoms with Gasteiger partial charge in [0.2, 0.25) is 5.91 Å². The molecule has 3 nitrogen and oxygen atoms in total. The average Bonchev–Trinajstić information content (AvgIpc) is 1.80. The number of nitrogens with two attached hydrogens (primary N) is 1. The standard InChI is InChI=1S/C5H12N2OS/c1-5(8)7-4-9-3-2-6/h2-4,6H2,1H3,(H,7,8). The zero-order valence-electron chi connectivity index (χ0n) is 5.52. The Morgan fingerprint density at radius 3 is 2.89 bits per heavy atom. The molecule has 0 unspecified atom stereocenters. The van der Waals surface area contributed by atoms with Gasteiger partial charge in [-0.1, -0.05) is 0 Å². The van der Waals surface area contributed by atoms with Gasteiger partial charge in [-0.25, -0.2) is 0 Å². The van der Waals surface area contributed by atoms with Crippen molar-refractivity contribution in [2.75, 3.05) is 18.2 Å². The fourth-order valence-electron chi connectivity index (χ4n) is 0.308. The Morgan fingerprint density at radius 2 is 2.44 bits per heavy atom. The number of carbonyl (C=O) groups excluding carboxylic acids is 1. The van der Waals surface area contributed by atoms with Crippen molar-refractivity contribution in [1.29, 1.82) is 0 Å². The third kappa shape index (κ3) is 7.78. The molecule has 0 aliphatic rings. The molecule has 9 heavy (non-hydrogen) atoms. The lowest BCUT2D eigenvalue weighted by Gasteiger charge is -1.98. The number of nitrogens with one attached hydrogen (secondary N) is 1. The summed E-state index contributed by atoms with van der Waals surface area (Å²) in [4.78, 5) is 10.3. The maximum atomic E-state index is 10.3. The van der Waals surface area contributed by atoms with E-state index in [9.17, 15) is 4.79 Å². The van der Waals surface area contributed by atoms with Crippen LogP contribution in [-0.2, 0) is 4.79 Å². The molecule has 0 saturated heterocycles. The summed E-state index contributed by atoms with van der Waals surface area (Å²) in [5, 5.41) is 2.65. The van der Waals surface area contributed by atoms with E-state index in [1.54, 1.807) is 11.8 Å². The van der Waals surface area contributed by atoms with E-state index >= 15 is 0 Å². The fourth-order valence-corrected chi connectivity index (χ4v) is 0.924. The van der Waals surface area contributed by atoms with Crippen LogP contribution in [-0.4, -0.2) is 24.1 Å². The van der Waals surface area contributed by atoms with Crippen molar-refractivity contribution in [2.24, 2.45) is 5.73 Å². The molecular weight excluding hydrogens is 136 g/mol. The van der Waals surface area contributed by atoms with Crippen molar-refractivity contribution >= 4 is 17.7 Å².